The first kappa shape index (κ1) is 17.7. The maximum absolute atomic E-state index is 9.69. The number of fused-ring (bicyclic) bond motifs is 1. The molecule has 3 rings (SSSR count). The number of hydrogen-bond donors (Lipinski definition) is 2. The zero-order valence-corrected chi connectivity index (χ0v) is 15.7. The van der Waals surface area contributed by atoms with Crippen LogP contribution in [0.5, 0.6) is 0 Å². The second kappa shape index (κ2) is 7.41. The first-order valence-electron chi connectivity index (χ1n) is 8.48. The van der Waals surface area contributed by atoms with Gasteiger partial charge in [-0.2, -0.15) is 0 Å². The lowest BCUT2D eigenvalue weighted by Gasteiger charge is -2.16. The monoisotopic (exact) mass is 349 g/mol. The van der Waals surface area contributed by atoms with E-state index in [0.29, 0.717) is 0 Å². The van der Waals surface area contributed by atoms with E-state index >= 15 is 0 Å². The number of benzene rings is 2. The van der Waals surface area contributed by atoms with Crippen molar-refractivity contribution in [2.45, 2.75) is 39.0 Å². The highest BCUT2D eigenvalue weighted by molar-refractivity contribution is 7.12. The molecule has 0 unspecified atom stereocenters. The molecule has 0 fully saturated rings. The van der Waals surface area contributed by atoms with Crippen molar-refractivity contribution >= 4 is 22.1 Å². The molecule has 2 aromatic carbocycles. The Balaban J connectivity index is 1.69. The van der Waals surface area contributed by atoms with Crippen molar-refractivity contribution in [3.63, 3.8) is 0 Å². The summed E-state index contributed by atoms with van der Waals surface area (Å²) in [5.41, 5.74) is 0.363. The zero-order chi connectivity index (χ0) is 17.9. The first-order valence-corrected chi connectivity index (χ1v) is 9.29. The minimum absolute atomic E-state index is 0.263. The molecular weight excluding hydrogens is 326 g/mol. The molecule has 0 aliphatic heterocycles. The molecule has 2 nitrogen and oxygen atoms in total. The average Bonchev–Trinajstić information content (AvgIpc) is 3.05. The SMILES string of the molecule is C[C@@H](NCc1ccc(C#CC(C)(C)O)s1)c1cccc2ccccc12. The molecule has 0 aliphatic carbocycles. The molecule has 0 spiro atoms. The van der Waals surface area contributed by atoms with Gasteiger partial charge in [0.25, 0.3) is 0 Å². The molecule has 0 bridgehead atoms. The molecule has 1 atom stereocenters. The van der Waals surface area contributed by atoms with Gasteiger partial charge in [0.2, 0.25) is 0 Å². The summed E-state index contributed by atoms with van der Waals surface area (Å²) < 4.78 is 0. The third kappa shape index (κ3) is 4.70. The smallest absolute Gasteiger partial charge is 0.120 e. The quantitative estimate of drug-likeness (QED) is 0.658. The molecule has 2 N–H and O–H groups in total. The number of hydrogen-bond acceptors (Lipinski definition) is 3. The highest BCUT2D eigenvalue weighted by Gasteiger charge is 2.10. The summed E-state index contributed by atoms with van der Waals surface area (Å²) in [6.07, 6.45) is 0. The Labute approximate surface area is 153 Å². The lowest BCUT2D eigenvalue weighted by atomic mass is 10.00. The van der Waals surface area contributed by atoms with Crippen LogP contribution in [0.3, 0.4) is 0 Å². The van der Waals surface area contributed by atoms with E-state index in [-0.39, 0.29) is 6.04 Å². The maximum Gasteiger partial charge on any atom is 0.120 e. The fraction of sp³-hybridized carbons (Fsp3) is 0.273. The number of aliphatic hydroxyl groups is 1. The van der Waals surface area contributed by atoms with Crippen LogP contribution in [-0.4, -0.2) is 10.7 Å². The Bertz CT molecular complexity index is 919. The van der Waals surface area contributed by atoms with Crippen LogP contribution < -0.4 is 5.32 Å². The predicted octanol–water partition coefficient (Wildman–Crippen LogP) is 4.87. The Hall–Kier alpha value is -2.12. The highest BCUT2D eigenvalue weighted by atomic mass is 32.1. The van der Waals surface area contributed by atoms with Gasteiger partial charge in [-0.25, -0.2) is 0 Å². The molecule has 0 amide bonds. The van der Waals surface area contributed by atoms with Gasteiger partial charge >= 0.3 is 0 Å². The van der Waals surface area contributed by atoms with Crippen molar-refractivity contribution in [1.82, 2.24) is 5.32 Å². The van der Waals surface area contributed by atoms with Gasteiger partial charge in [0, 0.05) is 17.5 Å². The van der Waals surface area contributed by atoms with Crippen LogP contribution in [0.1, 0.15) is 42.1 Å². The Morgan fingerprint density at radius 1 is 1.08 bits per heavy atom. The average molecular weight is 349 g/mol. The van der Waals surface area contributed by atoms with E-state index in [2.05, 4.69) is 72.6 Å². The minimum Gasteiger partial charge on any atom is -0.378 e. The van der Waals surface area contributed by atoms with E-state index in [1.165, 1.54) is 21.2 Å². The van der Waals surface area contributed by atoms with E-state index < -0.39 is 5.60 Å². The summed E-state index contributed by atoms with van der Waals surface area (Å²) in [5, 5.41) is 15.9. The second-order valence-electron chi connectivity index (χ2n) is 6.75. The summed E-state index contributed by atoms with van der Waals surface area (Å²) >= 11 is 1.67. The summed E-state index contributed by atoms with van der Waals surface area (Å²) in [6, 6.07) is 19.3. The van der Waals surface area contributed by atoms with Crippen molar-refractivity contribution in [3.05, 3.63) is 69.9 Å². The van der Waals surface area contributed by atoms with Gasteiger partial charge < -0.3 is 10.4 Å². The van der Waals surface area contributed by atoms with Crippen LogP contribution in [0.25, 0.3) is 10.8 Å². The molecule has 0 radical (unpaired) electrons. The van der Waals surface area contributed by atoms with E-state index in [0.717, 1.165) is 11.4 Å². The second-order valence-corrected chi connectivity index (χ2v) is 7.91. The summed E-state index contributed by atoms with van der Waals surface area (Å²) in [7, 11) is 0. The van der Waals surface area contributed by atoms with Gasteiger partial charge in [-0.15, -0.1) is 11.3 Å². The number of rotatable bonds is 4. The first-order chi connectivity index (χ1) is 11.9. The Morgan fingerprint density at radius 3 is 2.64 bits per heavy atom. The van der Waals surface area contributed by atoms with E-state index in [9.17, 15) is 5.11 Å². The van der Waals surface area contributed by atoms with Crippen molar-refractivity contribution in [3.8, 4) is 11.8 Å². The standard InChI is InChI=1S/C22H23NOS/c1-16(20-10-6-8-17-7-4-5-9-21(17)20)23-15-19-12-11-18(25-19)13-14-22(2,3)24/h4-12,16,23-24H,15H2,1-3H3/t16-/m1/s1. The van der Waals surface area contributed by atoms with Crippen molar-refractivity contribution in [1.29, 1.82) is 0 Å². The van der Waals surface area contributed by atoms with Crippen LogP contribution in [0.2, 0.25) is 0 Å². The normalized spacial score (nSPS) is 12.6. The van der Waals surface area contributed by atoms with Crippen LogP contribution >= 0.6 is 11.3 Å². The lowest BCUT2D eigenvalue weighted by molar-refractivity contribution is 0.143. The van der Waals surface area contributed by atoms with Gasteiger partial charge in [0.05, 0.1) is 4.88 Å². The molecule has 3 aromatic rings. The third-order valence-electron chi connectivity index (χ3n) is 4.03. The minimum atomic E-state index is -0.953. The third-order valence-corrected chi connectivity index (χ3v) is 5.03. The molecule has 0 aliphatic rings. The van der Waals surface area contributed by atoms with Gasteiger partial charge in [-0.05, 0) is 49.2 Å². The molecule has 1 aromatic heterocycles. The molecule has 0 saturated carbocycles. The van der Waals surface area contributed by atoms with E-state index in [4.69, 9.17) is 0 Å². The van der Waals surface area contributed by atoms with Crippen molar-refractivity contribution in [2.75, 3.05) is 0 Å². The van der Waals surface area contributed by atoms with Crippen molar-refractivity contribution in [2.24, 2.45) is 0 Å². The van der Waals surface area contributed by atoms with Crippen LogP contribution in [0.4, 0.5) is 0 Å². The van der Waals surface area contributed by atoms with Gasteiger partial charge in [-0.3, -0.25) is 0 Å². The number of nitrogens with one attached hydrogen (secondary N) is 1. The van der Waals surface area contributed by atoms with Crippen LogP contribution in [0, 0.1) is 11.8 Å². The fourth-order valence-corrected chi connectivity index (χ4v) is 3.56. The predicted molar refractivity (Wildman–Crippen MR) is 107 cm³/mol. The number of thiophene rings is 1. The molecule has 3 heteroatoms. The molecule has 0 saturated heterocycles. The molecule has 25 heavy (non-hydrogen) atoms. The van der Waals surface area contributed by atoms with E-state index in [1.807, 2.05) is 6.07 Å². The Morgan fingerprint density at radius 2 is 1.84 bits per heavy atom. The maximum atomic E-state index is 9.69. The summed E-state index contributed by atoms with van der Waals surface area (Å²) in [4.78, 5) is 2.23. The fourth-order valence-electron chi connectivity index (χ4n) is 2.75. The lowest BCUT2D eigenvalue weighted by Crippen LogP contribution is -2.17. The molecular formula is C22H23NOS. The van der Waals surface area contributed by atoms with Gasteiger partial charge in [-0.1, -0.05) is 54.3 Å². The van der Waals surface area contributed by atoms with Crippen molar-refractivity contribution < 1.29 is 5.11 Å². The van der Waals surface area contributed by atoms with Gasteiger partial charge in [0.1, 0.15) is 5.60 Å². The zero-order valence-electron chi connectivity index (χ0n) is 14.8. The topological polar surface area (TPSA) is 32.3 Å². The largest absolute Gasteiger partial charge is 0.378 e. The van der Waals surface area contributed by atoms with Crippen LogP contribution in [0.15, 0.2) is 54.6 Å². The highest BCUT2D eigenvalue weighted by Crippen LogP contribution is 2.25. The van der Waals surface area contributed by atoms with E-state index in [1.54, 1.807) is 25.2 Å². The van der Waals surface area contributed by atoms with Crippen LogP contribution in [-0.2, 0) is 6.54 Å². The summed E-state index contributed by atoms with van der Waals surface area (Å²) in [6.45, 7) is 6.40. The molecule has 1 heterocycles. The van der Waals surface area contributed by atoms with Gasteiger partial charge in [0.15, 0.2) is 0 Å². The summed E-state index contributed by atoms with van der Waals surface area (Å²) in [5.74, 6) is 5.90. The molecule has 128 valence electrons. The Kier molecular flexibility index (Phi) is 5.24.